The molecular weight excluding hydrogens is 387 g/mol. The van der Waals surface area contributed by atoms with E-state index in [-0.39, 0.29) is 43.3 Å². The molecule has 3 aromatic rings. The number of hydrogen-bond acceptors (Lipinski definition) is 4. The quantitative estimate of drug-likeness (QED) is 0.532. The van der Waals surface area contributed by atoms with E-state index in [1.807, 2.05) is 18.2 Å². The van der Waals surface area contributed by atoms with E-state index in [0.29, 0.717) is 5.56 Å². The first-order chi connectivity index (χ1) is 12.2. The van der Waals surface area contributed by atoms with Crippen LogP contribution in [-0.2, 0) is 13.0 Å². The Kier molecular flexibility index (Phi) is 7.21. The Hall–Kier alpha value is -2.12. The van der Waals surface area contributed by atoms with E-state index in [1.54, 1.807) is 18.3 Å². The maximum atomic E-state index is 12.3. The molecule has 0 bridgehead atoms. The Bertz CT molecular complexity index is 915. The molecule has 1 aliphatic heterocycles. The van der Waals surface area contributed by atoms with Gasteiger partial charge >= 0.3 is 0 Å². The average Bonchev–Trinajstić information content (AvgIpc) is 3.13. The number of aromatic amines is 1. The molecule has 4 N–H and O–H groups in total. The van der Waals surface area contributed by atoms with Crippen molar-refractivity contribution >= 4 is 41.6 Å². The van der Waals surface area contributed by atoms with Crippen LogP contribution in [0.2, 0.25) is 0 Å². The van der Waals surface area contributed by atoms with Crippen LogP contribution in [0.4, 0.5) is 0 Å². The number of amides is 1. The monoisotopic (exact) mass is 408 g/mol. The van der Waals surface area contributed by atoms with Gasteiger partial charge in [-0.1, -0.05) is 24.3 Å². The van der Waals surface area contributed by atoms with Gasteiger partial charge in [0.15, 0.2) is 0 Å². The summed E-state index contributed by atoms with van der Waals surface area (Å²) in [6.07, 6.45) is 1.80. The molecule has 27 heavy (non-hydrogen) atoms. The number of rotatable bonds is 4. The van der Waals surface area contributed by atoms with E-state index >= 15 is 0 Å². The lowest BCUT2D eigenvalue weighted by Crippen LogP contribution is -2.49. The second kappa shape index (κ2) is 9.19. The third-order valence-corrected chi connectivity index (χ3v) is 4.75. The van der Waals surface area contributed by atoms with Crippen molar-refractivity contribution in [1.82, 2.24) is 20.8 Å². The molecule has 0 saturated carbocycles. The number of fused-ring (bicyclic) bond motifs is 2. The van der Waals surface area contributed by atoms with E-state index < -0.39 is 6.10 Å². The maximum absolute atomic E-state index is 12.3. The molecule has 1 amide bonds. The molecule has 0 spiro atoms. The van der Waals surface area contributed by atoms with Gasteiger partial charge in [0.2, 0.25) is 0 Å². The number of carbonyl (C=O) groups is 1. The SMILES string of the molecule is Cl.Cl.O=C(NCC(O)[C@@H]1Cc2ccccc2CN1)c1ccc2[nH]ncc2c1. The van der Waals surface area contributed by atoms with Gasteiger partial charge in [-0.2, -0.15) is 5.10 Å². The van der Waals surface area contributed by atoms with Gasteiger partial charge in [0, 0.05) is 30.1 Å². The van der Waals surface area contributed by atoms with Crippen molar-refractivity contribution in [2.24, 2.45) is 0 Å². The summed E-state index contributed by atoms with van der Waals surface area (Å²) in [5.41, 5.74) is 3.97. The molecule has 2 aromatic carbocycles. The highest BCUT2D eigenvalue weighted by Gasteiger charge is 2.24. The number of aliphatic hydroxyl groups is 1. The first kappa shape index (κ1) is 21.2. The van der Waals surface area contributed by atoms with Crippen molar-refractivity contribution in [2.75, 3.05) is 6.54 Å². The van der Waals surface area contributed by atoms with E-state index in [2.05, 4.69) is 33.0 Å². The maximum Gasteiger partial charge on any atom is 0.251 e. The minimum Gasteiger partial charge on any atom is -0.390 e. The molecular formula is C19H22Cl2N4O2. The van der Waals surface area contributed by atoms with E-state index in [4.69, 9.17) is 0 Å². The Labute approximate surface area is 169 Å². The zero-order valence-corrected chi connectivity index (χ0v) is 16.1. The normalized spacial score (nSPS) is 16.6. The van der Waals surface area contributed by atoms with Crippen molar-refractivity contribution in [1.29, 1.82) is 0 Å². The van der Waals surface area contributed by atoms with Crippen LogP contribution in [0.3, 0.4) is 0 Å². The Morgan fingerprint density at radius 1 is 1.22 bits per heavy atom. The van der Waals surface area contributed by atoms with Crippen molar-refractivity contribution in [3.63, 3.8) is 0 Å². The first-order valence-corrected chi connectivity index (χ1v) is 8.40. The van der Waals surface area contributed by atoms with Gasteiger partial charge in [-0.25, -0.2) is 0 Å². The fourth-order valence-electron chi connectivity index (χ4n) is 3.28. The number of halogens is 2. The van der Waals surface area contributed by atoms with Gasteiger partial charge in [-0.3, -0.25) is 9.89 Å². The van der Waals surface area contributed by atoms with Crippen LogP contribution in [0.1, 0.15) is 21.5 Å². The summed E-state index contributed by atoms with van der Waals surface area (Å²) in [4.78, 5) is 12.3. The highest BCUT2D eigenvalue weighted by Crippen LogP contribution is 2.18. The Morgan fingerprint density at radius 2 is 2.00 bits per heavy atom. The highest BCUT2D eigenvalue weighted by molar-refractivity contribution is 5.97. The topological polar surface area (TPSA) is 90.0 Å². The van der Waals surface area contributed by atoms with Crippen molar-refractivity contribution < 1.29 is 9.90 Å². The van der Waals surface area contributed by atoms with Crippen LogP contribution in [0.25, 0.3) is 10.9 Å². The summed E-state index contributed by atoms with van der Waals surface area (Å²) in [6.45, 7) is 0.949. The van der Waals surface area contributed by atoms with E-state index in [0.717, 1.165) is 23.9 Å². The summed E-state index contributed by atoms with van der Waals surface area (Å²) < 4.78 is 0. The lowest BCUT2D eigenvalue weighted by atomic mass is 9.93. The molecule has 0 aliphatic carbocycles. The van der Waals surface area contributed by atoms with E-state index in [9.17, 15) is 9.90 Å². The molecule has 2 atom stereocenters. The number of nitrogens with one attached hydrogen (secondary N) is 3. The molecule has 1 aromatic heterocycles. The highest BCUT2D eigenvalue weighted by atomic mass is 35.5. The fraction of sp³-hybridized carbons (Fsp3) is 0.263. The predicted molar refractivity (Wildman–Crippen MR) is 110 cm³/mol. The molecule has 4 rings (SSSR count). The minimum absolute atomic E-state index is 0. The van der Waals surface area contributed by atoms with Crippen LogP contribution in [0.15, 0.2) is 48.7 Å². The second-order valence-corrected chi connectivity index (χ2v) is 6.41. The molecule has 1 aliphatic rings. The van der Waals surface area contributed by atoms with Crippen LogP contribution >= 0.6 is 24.8 Å². The predicted octanol–water partition coefficient (Wildman–Crippen LogP) is 2.21. The lowest BCUT2D eigenvalue weighted by Gasteiger charge is -2.30. The first-order valence-electron chi connectivity index (χ1n) is 8.40. The molecule has 6 nitrogen and oxygen atoms in total. The number of aliphatic hydroxyl groups excluding tert-OH is 1. The van der Waals surface area contributed by atoms with E-state index in [1.165, 1.54) is 11.1 Å². The number of nitrogens with zero attached hydrogens (tertiary/aromatic N) is 1. The Morgan fingerprint density at radius 3 is 2.81 bits per heavy atom. The molecule has 1 unspecified atom stereocenters. The largest absolute Gasteiger partial charge is 0.390 e. The molecule has 8 heteroatoms. The van der Waals surface area contributed by atoms with Gasteiger partial charge in [-0.15, -0.1) is 24.8 Å². The fourth-order valence-corrected chi connectivity index (χ4v) is 3.28. The summed E-state index contributed by atoms with van der Waals surface area (Å²) in [5.74, 6) is -0.196. The molecule has 0 saturated heterocycles. The summed E-state index contributed by atoms with van der Waals surface area (Å²) in [7, 11) is 0. The van der Waals surface area contributed by atoms with Crippen molar-refractivity contribution in [3.8, 4) is 0 Å². The van der Waals surface area contributed by atoms with Crippen LogP contribution in [0, 0.1) is 0 Å². The van der Waals surface area contributed by atoms with Crippen molar-refractivity contribution in [2.45, 2.75) is 25.1 Å². The Balaban J connectivity index is 0.00000131. The standard InChI is InChI=1S/C19H20N4O2.2ClH/c24-18(17-8-12-3-1-2-4-14(12)9-20-17)11-21-19(25)13-5-6-16-15(7-13)10-22-23-16;;/h1-7,10,17-18,20,24H,8-9,11H2,(H,21,25)(H,22,23);2*1H/t17-,18?;;/m0../s1. The van der Waals surface area contributed by atoms with Gasteiger partial charge in [0.25, 0.3) is 5.91 Å². The van der Waals surface area contributed by atoms with Crippen LogP contribution in [-0.4, -0.2) is 39.9 Å². The van der Waals surface area contributed by atoms with Gasteiger partial charge < -0.3 is 15.7 Å². The van der Waals surface area contributed by atoms with Gasteiger partial charge in [-0.05, 0) is 35.7 Å². The molecule has 2 heterocycles. The number of carbonyl (C=O) groups excluding carboxylic acids is 1. The number of hydrogen-bond donors (Lipinski definition) is 4. The number of benzene rings is 2. The minimum atomic E-state index is -0.644. The summed E-state index contributed by atoms with van der Waals surface area (Å²) in [6, 6.07) is 13.5. The number of H-pyrrole nitrogens is 1. The van der Waals surface area contributed by atoms with Crippen LogP contribution in [0.5, 0.6) is 0 Å². The second-order valence-electron chi connectivity index (χ2n) is 6.41. The van der Waals surface area contributed by atoms with Crippen molar-refractivity contribution in [3.05, 3.63) is 65.4 Å². The third-order valence-electron chi connectivity index (χ3n) is 4.75. The molecule has 0 radical (unpaired) electrons. The number of aromatic nitrogens is 2. The molecule has 0 fully saturated rings. The summed E-state index contributed by atoms with van der Waals surface area (Å²) in [5, 5.41) is 24.3. The smallest absolute Gasteiger partial charge is 0.251 e. The zero-order chi connectivity index (χ0) is 17.2. The van der Waals surface area contributed by atoms with Crippen LogP contribution < -0.4 is 10.6 Å². The third kappa shape index (κ3) is 4.59. The van der Waals surface area contributed by atoms with Gasteiger partial charge in [0.1, 0.15) is 0 Å². The lowest BCUT2D eigenvalue weighted by molar-refractivity contribution is 0.0870. The zero-order valence-electron chi connectivity index (χ0n) is 14.5. The summed E-state index contributed by atoms with van der Waals surface area (Å²) >= 11 is 0. The molecule has 144 valence electrons. The average molecular weight is 409 g/mol. The van der Waals surface area contributed by atoms with Gasteiger partial charge in [0.05, 0.1) is 17.8 Å².